The molecule has 0 aliphatic rings. The number of hydrogen-bond donors (Lipinski definition) is 0. The first-order valence-electron chi connectivity index (χ1n) is 5.96. The van der Waals surface area contributed by atoms with E-state index in [1.807, 2.05) is 0 Å². The highest BCUT2D eigenvalue weighted by atomic mass is 32.2. The highest BCUT2D eigenvalue weighted by molar-refractivity contribution is 7.85. The summed E-state index contributed by atoms with van der Waals surface area (Å²) < 4.78 is 57.6. The number of benzene rings is 2. The smallest absolute Gasteiger partial charge is 0.172 e. The van der Waals surface area contributed by atoms with Crippen LogP contribution in [0, 0.1) is 11.6 Å². The molecule has 0 saturated carbocycles. The molecule has 0 aliphatic carbocycles. The van der Waals surface area contributed by atoms with E-state index in [2.05, 4.69) is 22.3 Å². The minimum absolute atomic E-state index is 0.106. The monoisotopic (exact) mass is 360 g/mol. The van der Waals surface area contributed by atoms with Gasteiger partial charge in [0, 0.05) is 0 Å². The van der Waals surface area contributed by atoms with E-state index in [9.17, 15) is 17.2 Å². The number of nitrogens with zero attached hydrogens (tertiary/aromatic N) is 1. The second kappa shape index (κ2) is 9.95. The molecule has 0 heterocycles. The molecule has 2 aromatic carbocycles. The van der Waals surface area contributed by atoms with Crippen LogP contribution in [-0.2, 0) is 26.6 Å². The molecule has 5 nitrogen and oxygen atoms in total. The van der Waals surface area contributed by atoms with E-state index < -0.39 is 34.0 Å². The van der Waals surface area contributed by atoms with Crippen LogP contribution in [0.1, 0.15) is 0 Å². The lowest BCUT2D eigenvalue weighted by Crippen LogP contribution is -2.02. The van der Waals surface area contributed by atoms with E-state index in [1.54, 1.807) is 0 Å². The number of rotatable bonds is 6. The number of hydrogen-bond acceptors (Lipinski definition) is 4. The fourth-order valence-electron chi connectivity index (χ4n) is 1.23. The van der Waals surface area contributed by atoms with Gasteiger partial charge >= 0.3 is 0 Å². The summed E-state index contributed by atoms with van der Waals surface area (Å²) >= 11 is -4.30. The van der Waals surface area contributed by atoms with Crippen LogP contribution in [0.25, 0.3) is 4.89 Å². The topological polar surface area (TPSA) is 66.7 Å². The first-order valence-corrected chi connectivity index (χ1v) is 8.07. The van der Waals surface area contributed by atoms with Crippen molar-refractivity contribution in [3.8, 4) is 5.75 Å². The Kier molecular flexibility index (Phi) is 8.27. The molecule has 9 heteroatoms. The molecule has 23 heavy (non-hydrogen) atoms. The van der Waals surface area contributed by atoms with Crippen molar-refractivity contribution in [2.45, 2.75) is 4.90 Å². The van der Waals surface area contributed by atoms with Crippen molar-refractivity contribution in [1.82, 2.24) is 0 Å². The molecular formula is C14H12F2NO4S2-. The van der Waals surface area contributed by atoms with Gasteiger partial charge in [-0.2, -0.15) is 0 Å². The quantitative estimate of drug-likeness (QED) is 0.581. The maximum Gasteiger partial charge on any atom is 0.172 e. The zero-order valence-corrected chi connectivity index (χ0v) is 13.3. The summed E-state index contributed by atoms with van der Waals surface area (Å²) in [5.74, 6) is -0.857. The molecule has 0 fully saturated rings. The van der Waals surface area contributed by atoms with Gasteiger partial charge in [0.05, 0.1) is 4.90 Å². The Hall–Kier alpha value is -1.94. The number of halogens is 2. The van der Waals surface area contributed by atoms with Gasteiger partial charge in [-0.1, -0.05) is 0 Å². The van der Waals surface area contributed by atoms with Crippen molar-refractivity contribution in [2.24, 2.45) is 0 Å². The second-order valence-corrected chi connectivity index (χ2v) is 5.43. The highest BCUT2D eigenvalue weighted by Crippen LogP contribution is 2.16. The Balaban J connectivity index is 0.00000127. The molecule has 2 atom stereocenters. The van der Waals surface area contributed by atoms with Crippen LogP contribution in [0.4, 0.5) is 8.78 Å². The Labute approximate surface area is 137 Å². The van der Waals surface area contributed by atoms with Gasteiger partial charge < -0.3 is 13.4 Å². The zero-order valence-electron chi connectivity index (χ0n) is 11.7. The highest BCUT2D eigenvalue weighted by Gasteiger charge is 2.02. The van der Waals surface area contributed by atoms with Crippen LogP contribution in [0.15, 0.2) is 66.6 Å². The van der Waals surface area contributed by atoms with E-state index in [4.69, 9.17) is 4.18 Å². The van der Waals surface area contributed by atoms with Crippen LogP contribution < -0.4 is 4.18 Å². The molecule has 124 valence electrons. The first kappa shape index (κ1) is 19.1. The largest absolute Gasteiger partial charge is 0.414 e. The summed E-state index contributed by atoms with van der Waals surface area (Å²) in [4.78, 5) is 3.25. The van der Waals surface area contributed by atoms with Crippen molar-refractivity contribution < 1.29 is 25.7 Å². The van der Waals surface area contributed by atoms with E-state index in [0.29, 0.717) is 0 Å². The molecule has 0 amide bonds. The van der Waals surface area contributed by atoms with E-state index in [0.717, 1.165) is 24.3 Å². The second-order valence-electron chi connectivity index (χ2n) is 3.59. The van der Waals surface area contributed by atoms with Crippen molar-refractivity contribution in [2.75, 3.05) is 0 Å². The van der Waals surface area contributed by atoms with E-state index in [-0.39, 0.29) is 10.6 Å². The summed E-state index contributed by atoms with van der Waals surface area (Å²) in [6.07, 6.45) is 0. The molecule has 0 N–H and O–H groups in total. The van der Waals surface area contributed by atoms with Gasteiger partial charge in [0.1, 0.15) is 28.7 Å². The molecule has 2 aromatic rings. The predicted octanol–water partition coefficient (Wildman–Crippen LogP) is 3.75. The Morgan fingerprint density at radius 3 is 1.87 bits per heavy atom. The Morgan fingerprint density at radius 2 is 1.35 bits per heavy atom. The lowest BCUT2D eigenvalue weighted by atomic mass is 10.3. The van der Waals surface area contributed by atoms with Gasteiger partial charge in [0.15, 0.2) is 11.1 Å². The summed E-state index contributed by atoms with van der Waals surface area (Å²) in [6.45, 7) is 6.00. The fraction of sp³-hybridized carbons (Fsp3) is 0. The zero-order chi connectivity index (χ0) is 17.2. The van der Waals surface area contributed by atoms with Gasteiger partial charge in [-0.3, -0.25) is 0 Å². The summed E-state index contributed by atoms with van der Waals surface area (Å²) in [7, 11) is 0. The third-order valence-electron chi connectivity index (χ3n) is 2.15. The SMILES string of the molecule is C=C.O=S([N-]OS(=O)c1ccc(F)cc1)Oc1ccc(F)cc1. The Morgan fingerprint density at radius 1 is 0.870 bits per heavy atom. The van der Waals surface area contributed by atoms with Crippen molar-refractivity contribution in [3.63, 3.8) is 0 Å². The molecule has 0 aromatic heterocycles. The van der Waals surface area contributed by atoms with Gasteiger partial charge in [-0.05, 0) is 48.5 Å². The van der Waals surface area contributed by atoms with E-state index in [1.165, 1.54) is 24.3 Å². The third-order valence-corrected chi connectivity index (χ3v) is 3.64. The van der Waals surface area contributed by atoms with Gasteiger partial charge in [0.25, 0.3) is 0 Å². The van der Waals surface area contributed by atoms with Crippen LogP contribution in [0.3, 0.4) is 0 Å². The van der Waals surface area contributed by atoms with Crippen LogP contribution in [-0.4, -0.2) is 8.42 Å². The van der Waals surface area contributed by atoms with Gasteiger partial charge in [-0.25, -0.2) is 17.2 Å². The molecule has 0 aliphatic heterocycles. The standard InChI is InChI=1S/C12H8F2NO4S2.C2H4/c13-9-1-5-11(6-2-9)18-21(17)15-19-20(16)12-7-3-10(14)4-8-12;1-2/h1-8H;1-2H2/q-1;. The van der Waals surface area contributed by atoms with E-state index >= 15 is 0 Å². The molecule has 0 bridgehead atoms. The van der Waals surface area contributed by atoms with Crippen LogP contribution in [0.5, 0.6) is 5.75 Å². The molecule has 0 spiro atoms. The van der Waals surface area contributed by atoms with Crippen molar-refractivity contribution >= 4 is 22.3 Å². The predicted molar refractivity (Wildman–Crippen MR) is 83.7 cm³/mol. The lowest BCUT2D eigenvalue weighted by molar-refractivity contribution is 0.470. The Bertz CT molecular complexity index is 665. The maximum atomic E-state index is 12.7. The minimum atomic E-state index is -2.26. The average Bonchev–Trinajstić information content (AvgIpc) is 2.57. The molecule has 0 radical (unpaired) electrons. The molecule has 2 unspecified atom stereocenters. The summed E-state index contributed by atoms with van der Waals surface area (Å²) in [5.41, 5.74) is 0. The fourth-order valence-corrected chi connectivity index (χ4v) is 2.40. The molecule has 0 saturated heterocycles. The minimum Gasteiger partial charge on any atom is -0.414 e. The van der Waals surface area contributed by atoms with Gasteiger partial charge in [0.2, 0.25) is 0 Å². The third kappa shape index (κ3) is 6.78. The van der Waals surface area contributed by atoms with Crippen molar-refractivity contribution in [1.29, 1.82) is 0 Å². The summed E-state index contributed by atoms with van der Waals surface area (Å²) in [5, 5.41) is 0. The first-order chi connectivity index (χ1) is 11.0. The maximum absolute atomic E-state index is 12.7. The average molecular weight is 360 g/mol. The van der Waals surface area contributed by atoms with Crippen LogP contribution >= 0.6 is 0 Å². The molecule has 2 rings (SSSR count). The normalized spacial score (nSPS) is 12.6. The van der Waals surface area contributed by atoms with Crippen LogP contribution in [0.2, 0.25) is 0 Å². The lowest BCUT2D eigenvalue weighted by Gasteiger charge is -2.18. The summed E-state index contributed by atoms with van der Waals surface area (Å²) in [6, 6.07) is 9.41. The molecular weight excluding hydrogens is 348 g/mol. The van der Waals surface area contributed by atoms with Gasteiger partial charge in [-0.15, -0.1) is 13.2 Å². The van der Waals surface area contributed by atoms with Crippen molar-refractivity contribution in [3.05, 3.63) is 78.2 Å².